The highest BCUT2D eigenvalue weighted by molar-refractivity contribution is 5.28. The molecule has 3 unspecified atom stereocenters. The number of benzene rings is 1. The van der Waals surface area contributed by atoms with Gasteiger partial charge in [0.2, 0.25) is 0 Å². The molecule has 1 aliphatic rings. The third kappa shape index (κ3) is 4.55. The van der Waals surface area contributed by atoms with Crippen molar-refractivity contribution in [1.29, 1.82) is 0 Å². The van der Waals surface area contributed by atoms with Crippen LogP contribution < -0.4 is 5.32 Å². The number of rotatable bonds is 7. The number of hydrogen-bond donors (Lipinski definition) is 1. The van der Waals surface area contributed by atoms with E-state index in [0.717, 1.165) is 18.5 Å². The van der Waals surface area contributed by atoms with Gasteiger partial charge in [0.15, 0.2) is 0 Å². The molecule has 21 heavy (non-hydrogen) atoms. The fourth-order valence-electron chi connectivity index (χ4n) is 3.66. The van der Waals surface area contributed by atoms with Crippen molar-refractivity contribution in [2.45, 2.75) is 59.0 Å². The van der Waals surface area contributed by atoms with Crippen LogP contribution in [0, 0.1) is 12.8 Å². The first-order valence-corrected chi connectivity index (χ1v) is 8.64. The van der Waals surface area contributed by atoms with Gasteiger partial charge in [-0.1, -0.05) is 38.1 Å². The van der Waals surface area contributed by atoms with Gasteiger partial charge in [-0.15, -0.1) is 0 Å². The molecule has 118 valence electrons. The van der Waals surface area contributed by atoms with Crippen molar-refractivity contribution in [3.63, 3.8) is 0 Å². The molecule has 1 aromatic rings. The van der Waals surface area contributed by atoms with E-state index >= 15 is 0 Å². The van der Waals surface area contributed by atoms with Gasteiger partial charge in [-0.25, -0.2) is 0 Å². The van der Waals surface area contributed by atoms with Gasteiger partial charge in [0, 0.05) is 25.2 Å². The summed E-state index contributed by atoms with van der Waals surface area (Å²) in [4.78, 5) is 2.67. The van der Waals surface area contributed by atoms with Crippen molar-refractivity contribution < 1.29 is 0 Å². The Kier molecular flexibility index (Phi) is 6.25. The van der Waals surface area contributed by atoms with E-state index in [1.54, 1.807) is 0 Å². The van der Waals surface area contributed by atoms with E-state index in [1.807, 2.05) is 0 Å². The summed E-state index contributed by atoms with van der Waals surface area (Å²) >= 11 is 0. The van der Waals surface area contributed by atoms with Gasteiger partial charge in [-0.2, -0.15) is 0 Å². The molecule has 0 aliphatic carbocycles. The van der Waals surface area contributed by atoms with Crippen LogP contribution in [0.2, 0.25) is 0 Å². The summed E-state index contributed by atoms with van der Waals surface area (Å²) in [6.45, 7) is 12.8. The second-order valence-electron chi connectivity index (χ2n) is 6.84. The molecular formula is C19H32N2. The van der Waals surface area contributed by atoms with Crippen LogP contribution in [0.25, 0.3) is 0 Å². The Hall–Kier alpha value is -0.860. The lowest BCUT2D eigenvalue weighted by Gasteiger charge is -2.26. The van der Waals surface area contributed by atoms with E-state index in [0.29, 0.717) is 6.04 Å². The topological polar surface area (TPSA) is 15.3 Å². The molecular weight excluding hydrogens is 256 g/mol. The van der Waals surface area contributed by atoms with Crippen LogP contribution >= 0.6 is 0 Å². The van der Waals surface area contributed by atoms with E-state index in [4.69, 9.17) is 0 Å². The minimum absolute atomic E-state index is 0.495. The monoisotopic (exact) mass is 288 g/mol. The Balaban J connectivity index is 1.98. The number of aryl methyl sites for hydroxylation is 1. The van der Waals surface area contributed by atoms with Gasteiger partial charge in [0.25, 0.3) is 0 Å². The lowest BCUT2D eigenvalue weighted by Crippen LogP contribution is -2.32. The molecule has 0 saturated carbocycles. The SMILES string of the molecule is CCCNC(CCN1CC(C)CC1C)c1ccccc1C. The highest BCUT2D eigenvalue weighted by Crippen LogP contribution is 2.26. The summed E-state index contributed by atoms with van der Waals surface area (Å²) < 4.78 is 0. The second kappa shape index (κ2) is 7.95. The maximum atomic E-state index is 3.75. The first-order valence-electron chi connectivity index (χ1n) is 8.64. The van der Waals surface area contributed by atoms with Crippen molar-refractivity contribution >= 4 is 0 Å². The van der Waals surface area contributed by atoms with Gasteiger partial charge in [0.05, 0.1) is 0 Å². The van der Waals surface area contributed by atoms with Gasteiger partial charge in [-0.3, -0.25) is 0 Å². The number of nitrogens with zero attached hydrogens (tertiary/aromatic N) is 1. The van der Waals surface area contributed by atoms with Gasteiger partial charge in [-0.05, 0) is 56.7 Å². The highest BCUT2D eigenvalue weighted by atomic mass is 15.2. The molecule has 0 amide bonds. The Morgan fingerprint density at radius 3 is 2.67 bits per heavy atom. The third-order valence-electron chi connectivity index (χ3n) is 4.82. The maximum absolute atomic E-state index is 3.75. The summed E-state index contributed by atoms with van der Waals surface area (Å²) in [6.07, 6.45) is 3.76. The Bertz CT molecular complexity index is 429. The van der Waals surface area contributed by atoms with Crippen molar-refractivity contribution in [3.8, 4) is 0 Å². The fraction of sp³-hybridized carbons (Fsp3) is 0.684. The van der Waals surface area contributed by atoms with Crippen LogP contribution in [-0.4, -0.2) is 30.6 Å². The zero-order chi connectivity index (χ0) is 15.2. The van der Waals surface area contributed by atoms with Crippen LogP contribution in [0.4, 0.5) is 0 Å². The minimum atomic E-state index is 0.495. The van der Waals surface area contributed by atoms with E-state index in [9.17, 15) is 0 Å². The van der Waals surface area contributed by atoms with Crippen LogP contribution in [0.15, 0.2) is 24.3 Å². The van der Waals surface area contributed by atoms with E-state index < -0.39 is 0 Å². The summed E-state index contributed by atoms with van der Waals surface area (Å²) in [5.74, 6) is 0.862. The molecule has 2 rings (SSSR count). The van der Waals surface area contributed by atoms with Crippen molar-refractivity contribution in [2.24, 2.45) is 5.92 Å². The summed E-state index contributed by atoms with van der Waals surface area (Å²) in [5.41, 5.74) is 2.89. The summed E-state index contributed by atoms with van der Waals surface area (Å²) in [7, 11) is 0. The normalized spacial score (nSPS) is 24.4. The first kappa shape index (κ1) is 16.5. The Labute approximate surface area is 130 Å². The molecule has 0 spiro atoms. The molecule has 2 heteroatoms. The molecule has 1 fully saturated rings. The maximum Gasteiger partial charge on any atom is 0.0335 e. The largest absolute Gasteiger partial charge is 0.310 e. The smallest absolute Gasteiger partial charge is 0.0335 e. The van der Waals surface area contributed by atoms with E-state index in [2.05, 4.69) is 62.2 Å². The summed E-state index contributed by atoms with van der Waals surface area (Å²) in [6, 6.07) is 10.1. The molecule has 1 heterocycles. The minimum Gasteiger partial charge on any atom is -0.310 e. The Morgan fingerprint density at radius 1 is 1.29 bits per heavy atom. The fourth-order valence-corrected chi connectivity index (χ4v) is 3.66. The highest BCUT2D eigenvalue weighted by Gasteiger charge is 2.26. The van der Waals surface area contributed by atoms with Crippen molar-refractivity contribution in [1.82, 2.24) is 10.2 Å². The summed E-state index contributed by atoms with van der Waals surface area (Å²) in [5, 5.41) is 3.75. The third-order valence-corrected chi connectivity index (χ3v) is 4.82. The zero-order valence-corrected chi connectivity index (χ0v) is 14.2. The van der Waals surface area contributed by atoms with E-state index in [-0.39, 0.29) is 0 Å². The predicted octanol–water partition coefficient (Wildman–Crippen LogP) is 4.16. The van der Waals surface area contributed by atoms with Gasteiger partial charge < -0.3 is 10.2 Å². The molecule has 0 radical (unpaired) electrons. The van der Waals surface area contributed by atoms with Gasteiger partial charge in [0.1, 0.15) is 0 Å². The molecule has 1 saturated heterocycles. The number of likely N-dealkylation sites (tertiary alicyclic amines) is 1. The molecule has 2 nitrogen and oxygen atoms in total. The second-order valence-corrected chi connectivity index (χ2v) is 6.84. The van der Waals surface area contributed by atoms with Crippen LogP contribution in [0.1, 0.15) is 57.2 Å². The molecule has 1 N–H and O–H groups in total. The van der Waals surface area contributed by atoms with Gasteiger partial charge >= 0.3 is 0 Å². The molecule has 3 atom stereocenters. The van der Waals surface area contributed by atoms with E-state index in [1.165, 1.54) is 43.5 Å². The number of hydrogen-bond acceptors (Lipinski definition) is 2. The quantitative estimate of drug-likeness (QED) is 0.810. The average Bonchev–Trinajstić information content (AvgIpc) is 2.78. The molecule has 1 aliphatic heterocycles. The van der Waals surface area contributed by atoms with Crippen molar-refractivity contribution in [3.05, 3.63) is 35.4 Å². The van der Waals surface area contributed by atoms with Crippen LogP contribution in [0.5, 0.6) is 0 Å². The lowest BCUT2D eigenvalue weighted by molar-refractivity contribution is 0.248. The molecule has 1 aromatic carbocycles. The lowest BCUT2D eigenvalue weighted by atomic mass is 9.98. The Morgan fingerprint density at radius 2 is 2.05 bits per heavy atom. The van der Waals surface area contributed by atoms with Crippen LogP contribution in [-0.2, 0) is 0 Å². The molecule has 0 aromatic heterocycles. The van der Waals surface area contributed by atoms with Crippen molar-refractivity contribution in [2.75, 3.05) is 19.6 Å². The molecule has 0 bridgehead atoms. The predicted molar refractivity (Wildman–Crippen MR) is 91.6 cm³/mol. The standard InChI is InChI=1S/C19H32N2/c1-5-11-20-19(18-9-7-6-8-16(18)3)10-12-21-14-15(2)13-17(21)4/h6-9,15,17,19-20H,5,10-14H2,1-4H3. The van der Waals surface area contributed by atoms with Crippen LogP contribution in [0.3, 0.4) is 0 Å². The first-order chi connectivity index (χ1) is 10.1. The zero-order valence-electron chi connectivity index (χ0n) is 14.2. The average molecular weight is 288 g/mol. The number of nitrogens with one attached hydrogen (secondary N) is 1.